The van der Waals surface area contributed by atoms with Gasteiger partial charge in [0.25, 0.3) is 0 Å². The first-order chi connectivity index (χ1) is 7.08. The van der Waals surface area contributed by atoms with Gasteiger partial charge >= 0.3 is 0 Å². The molecule has 1 aromatic carbocycles. The summed E-state index contributed by atoms with van der Waals surface area (Å²) in [5.41, 5.74) is 0.729. The molecule has 0 aliphatic heterocycles. The number of hydrogen-bond donors (Lipinski definition) is 1. The summed E-state index contributed by atoms with van der Waals surface area (Å²) < 4.78 is 0. The second-order valence-electron chi connectivity index (χ2n) is 3.28. The Labute approximate surface area is 94.3 Å². The number of anilines is 1. The van der Waals surface area contributed by atoms with Crippen LogP contribution >= 0.6 is 11.6 Å². The van der Waals surface area contributed by atoms with Crippen LogP contribution in [0.4, 0.5) is 5.69 Å². The zero-order valence-electron chi connectivity index (χ0n) is 8.70. The third-order valence-electron chi connectivity index (χ3n) is 1.64. The van der Waals surface area contributed by atoms with Crippen LogP contribution in [0.1, 0.15) is 0 Å². The van der Waals surface area contributed by atoms with E-state index in [1.807, 2.05) is 14.1 Å². The van der Waals surface area contributed by atoms with Crippen LogP contribution in [-0.4, -0.2) is 24.9 Å². The molecule has 0 aliphatic carbocycles. The summed E-state index contributed by atoms with van der Waals surface area (Å²) in [4.78, 5) is 13.1. The lowest BCUT2D eigenvalue weighted by Gasteiger charge is -2.04. The second kappa shape index (κ2) is 5.41. The molecule has 0 bridgehead atoms. The van der Waals surface area contributed by atoms with Crippen LogP contribution < -0.4 is 5.32 Å². The van der Waals surface area contributed by atoms with Gasteiger partial charge in [0, 0.05) is 37.1 Å². The Hall–Kier alpha value is -1.48. The standard InChI is InChI=1S/C11H13ClN2O/c1-14(2)8-7-11(15)13-10-5-3-9(12)4-6-10/h3-8H,1-2H3,(H,13,15)/b8-7+. The molecule has 0 fully saturated rings. The van der Waals surface area contributed by atoms with E-state index < -0.39 is 0 Å². The van der Waals surface area contributed by atoms with E-state index in [0.29, 0.717) is 5.02 Å². The molecule has 0 heterocycles. The maximum atomic E-state index is 11.3. The smallest absolute Gasteiger partial charge is 0.249 e. The number of nitrogens with one attached hydrogen (secondary N) is 1. The van der Waals surface area contributed by atoms with Gasteiger partial charge in [-0.1, -0.05) is 11.6 Å². The van der Waals surface area contributed by atoms with E-state index in [0.717, 1.165) is 5.69 Å². The lowest BCUT2D eigenvalue weighted by molar-refractivity contribution is -0.112. The summed E-state index contributed by atoms with van der Waals surface area (Å²) in [6.07, 6.45) is 3.15. The van der Waals surface area contributed by atoms with Crippen molar-refractivity contribution < 1.29 is 4.79 Å². The third kappa shape index (κ3) is 4.51. The van der Waals surface area contributed by atoms with Crippen molar-refractivity contribution in [3.8, 4) is 0 Å². The van der Waals surface area contributed by atoms with Crippen molar-refractivity contribution in [1.29, 1.82) is 0 Å². The van der Waals surface area contributed by atoms with Gasteiger partial charge in [-0.2, -0.15) is 0 Å². The fraction of sp³-hybridized carbons (Fsp3) is 0.182. The highest BCUT2D eigenvalue weighted by Gasteiger charge is 1.97. The SMILES string of the molecule is CN(C)/C=C/C(=O)Nc1ccc(Cl)cc1. The zero-order chi connectivity index (χ0) is 11.3. The van der Waals surface area contributed by atoms with Crippen LogP contribution in [0.15, 0.2) is 36.5 Å². The molecule has 0 aliphatic rings. The number of halogens is 1. The van der Waals surface area contributed by atoms with Gasteiger partial charge < -0.3 is 10.2 Å². The van der Waals surface area contributed by atoms with Crippen LogP contribution in [0.5, 0.6) is 0 Å². The van der Waals surface area contributed by atoms with E-state index >= 15 is 0 Å². The van der Waals surface area contributed by atoms with E-state index in [1.54, 1.807) is 35.4 Å². The average Bonchev–Trinajstić information content (AvgIpc) is 2.19. The number of nitrogens with zero attached hydrogens (tertiary/aromatic N) is 1. The quantitative estimate of drug-likeness (QED) is 0.800. The summed E-state index contributed by atoms with van der Waals surface area (Å²) >= 11 is 5.72. The van der Waals surface area contributed by atoms with E-state index in [2.05, 4.69) is 5.32 Å². The molecule has 0 radical (unpaired) electrons. The highest BCUT2D eigenvalue weighted by atomic mass is 35.5. The number of benzene rings is 1. The van der Waals surface area contributed by atoms with Crippen molar-refractivity contribution in [2.45, 2.75) is 0 Å². The minimum absolute atomic E-state index is 0.161. The fourth-order valence-corrected chi connectivity index (χ4v) is 1.06. The largest absolute Gasteiger partial charge is 0.383 e. The van der Waals surface area contributed by atoms with Crippen LogP contribution in [0, 0.1) is 0 Å². The van der Waals surface area contributed by atoms with Crippen molar-refractivity contribution in [1.82, 2.24) is 4.90 Å². The van der Waals surface area contributed by atoms with Gasteiger partial charge in [-0.3, -0.25) is 4.79 Å². The van der Waals surface area contributed by atoms with Gasteiger partial charge in [-0.15, -0.1) is 0 Å². The Morgan fingerprint density at radius 3 is 2.47 bits per heavy atom. The van der Waals surface area contributed by atoms with Crippen molar-refractivity contribution >= 4 is 23.2 Å². The highest BCUT2D eigenvalue weighted by Crippen LogP contribution is 2.13. The molecule has 0 spiro atoms. The first-order valence-corrected chi connectivity index (χ1v) is 4.87. The van der Waals surface area contributed by atoms with E-state index in [9.17, 15) is 4.79 Å². The minimum Gasteiger partial charge on any atom is -0.383 e. The lowest BCUT2D eigenvalue weighted by Crippen LogP contribution is -2.10. The van der Waals surface area contributed by atoms with Gasteiger partial charge in [0.15, 0.2) is 0 Å². The van der Waals surface area contributed by atoms with E-state index in [1.165, 1.54) is 6.08 Å². The molecule has 0 saturated carbocycles. The topological polar surface area (TPSA) is 32.3 Å². The van der Waals surface area contributed by atoms with Crippen LogP contribution in [0.25, 0.3) is 0 Å². The number of amides is 1. The first kappa shape index (κ1) is 11.6. The third-order valence-corrected chi connectivity index (χ3v) is 1.89. The van der Waals surface area contributed by atoms with E-state index in [-0.39, 0.29) is 5.91 Å². The van der Waals surface area contributed by atoms with Crippen molar-refractivity contribution in [2.75, 3.05) is 19.4 Å². The molecule has 0 atom stereocenters. The molecule has 1 N–H and O–H groups in total. The van der Waals surface area contributed by atoms with Gasteiger partial charge in [0.1, 0.15) is 0 Å². The van der Waals surface area contributed by atoms with Gasteiger partial charge in [-0.25, -0.2) is 0 Å². The molecule has 4 heteroatoms. The summed E-state index contributed by atoms with van der Waals surface area (Å²) in [7, 11) is 3.71. The Balaban J connectivity index is 2.55. The predicted octanol–water partition coefficient (Wildman–Crippen LogP) is 2.35. The molecule has 1 aromatic rings. The second-order valence-corrected chi connectivity index (χ2v) is 3.71. The zero-order valence-corrected chi connectivity index (χ0v) is 9.45. The number of carbonyl (C=O) groups excluding carboxylic acids is 1. The molecule has 1 rings (SSSR count). The summed E-state index contributed by atoms with van der Waals surface area (Å²) in [5, 5.41) is 3.36. The van der Waals surface area contributed by atoms with Crippen LogP contribution in [0.3, 0.4) is 0 Å². The Morgan fingerprint density at radius 1 is 1.33 bits per heavy atom. The molecule has 0 unspecified atom stereocenters. The molecular formula is C11H13ClN2O. The van der Waals surface area contributed by atoms with Crippen LogP contribution in [-0.2, 0) is 4.79 Å². The molecule has 0 aromatic heterocycles. The minimum atomic E-state index is -0.161. The van der Waals surface area contributed by atoms with Gasteiger partial charge in [0.2, 0.25) is 5.91 Å². The molecule has 1 amide bonds. The predicted molar refractivity (Wildman–Crippen MR) is 62.9 cm³/mol. The maximum absolute atomic E-state index is 11.3. The molecule has 3 nitrogen and oxygen atoms in total. The van der Waals surface area contributed by atoms with Crippen molar-refractivity contribution in [3.05, 3.63) is 41.6 Å². The number of carbonyl (C=O) groups is 1. The Bertz CT molecular complexity index is 357. The Kier molecular flexibility index (Phi) is 4.18. The monoisotopic (exact) mass is 224 g/mol. The summed E-state index contributed by atoms with van der Waals surface area (Å²) in [6, 6.07) is 6.97. The molecule has 0 saturated heterocycles. The summed E-state index contributed by atoms with van der Waals surface area (Å²) in [5.74, 6) is -0.161. The number of rotatable bonds is 3. The molecule has 15 heavy (non-hydrogen) atoms. The first-order valence-electron chi connectivity index (χ1n) is 4.49. The summed E-state index contributed by atoms with van der Waals surface area (Å²) in [6.45, 7) is 0. The maximum Gasteiger partial charge on any atom is 0.249 e. The number of hydrogen-bond acceptors (Lipinski definition) is 2. The van der Waals surface area contributed by atoms with Crippen molar-refractivity contribution in [2.24, 2.45) is 0 Å². The van der Waals surface area contributed by atoms with E-state index in [4.69, 9.17) is 11.6 Å². The van der Waals surface area contributed by atoms with Gasteiger partial charge in [-0.05, 0) is 24.3 Å². The fourth-order valence-electron chi connectivity index (χ4n) is 0.934. The van der Waals surface area contributed by atoms with Gasteiger partial charge in [0.05, 0.1) is 0 Å². The Morgan fingerprint density at radius 2 is 1.93 bits per heavy atom. The highest BCUT2D eigenvalue weighted by molar-refractivity contribution is 6.30. The van der Waals surface area contributed by atoms with Crippen LogP contribution in [0.2, 0.25) is 5.02 Å². The lowest BCUT2D eigenvalue weighted by atomic mass is 10.3. The molecule has 80 valence electrons. The normalized spacial score (nSPS) is 10.3. The average molecular weight is 225 g/mol. The molecular weight excluding hydrogens is 212 g/mol. The van der Waals surface area contributed by atoms with Crippen molar-refractivity contribution in [3.63, 3.8) is 0 Å².